The third-order valence-electron chi connectivity index (χ3n) is 5.80. The summed E-state index contributed by atoms with van der Waals surface area (Å²) in [4.78, 5) is 4.99. The van der Waals surface area contributed by atoms with E-state index < -0.39 is 0 Å². The largest absolute Gasteiger partial charge is 0.303 e. The summed E-state index contributed by atoms with van der Waals surface area (Å²) in [5.41, 5.74) is 2.18. The first-order valence-corrected chi connectivity index (χ1v) is 11.1. The van der Waals surface area contributed by atoms with Crippen molar-refractivity contribution in [2.24, 2.45) is 0 Å². The lowest BCUT2D eigenvalue weighted by atomic mass is 9.95. The highest BCUT2D eigenvalue weighted by atomic mass is 32.2. The van der Waals surface area contributed by atoms with Gasteiger partial charge in [0.2, 0.25) is 0 Å². The maximum absolute atomic E-state index is 4.99. The summed E-state index contributed by atoms with van der Waals surface area (Å²) in [6.07, 6.45) is 6.45. The molecule has 0 radical (unpaired) electrons. The van der Waals surface area contributed by atoms with E-state index in [1.165, 1.54) is 48.3 Å². The zero-order valence-corrected chi connectivity index (χ0v) is 17.0. The van der Waals surface area contributed by atoms with Crippen LogP contribution in [0.25, 0.3) is 21.7 Å². The highest BCUT2D eigenvalue weighted by Gasteiger charge is 2.21. The standard InChI is InChI=1S/C23H24N4S/c1-16-25-26-23(27(16)17-9-3-2-4-10-17)28-15-22-20-13-6-5-11-18(20)19-12-7-8-14-21(19)24-22/h5-8,11-14,17H,2-4,9-10,15H2,1H3. The second-order valence-electron chi connectivity index (χ2n) is 7.60. The predicted molar refractivity (Wildman–Crippen MR) is 116 cm³/mol. The Labute approximate surface area is 169 Å². The van der Waals surface area contributed by atoms with Crippen molar-refractivity contribution in [3.63, 3.8) is 0 Å². The third kappa shape index (κ3) is 3.18. The second kappa shape index (κ2) is 7.55. The molecule has 2 aromatic carbocycles. The SMILES string of the molecule is Cc1nnc(SCc2nc3ccccc3c3ccccc23)n1C1CCCCC1. The van der Waals surface area contributed by atoms with Gasteiger partial charge in [0.25, 0.3) is 0 Å². The number of para-hydroxylation sites is 1. The Kier molecular flexibility index (Phi) is 4.77. The number of nitrogens with zero attached hydrogens (tertiary/aromatic N) is 4. The highest BCUT2D eigenvalue weighted by molar-refractivity contribution is 7.98. The van der Waals surface area contributed by atoms with Gasteiger partial charge in [-0.3, -0.25) is 4.98 Å². The Balaban J connectivity index is 1.50. The number of aryl methyl sites for hydroxylation is 1. The summed E-state index contributed by atoms with van der Waals surface area (Å²) >= 11 is 1.76. The molecule has 142 valence electrons. The third-order valence-corrected chi connectivity index (χ3v) is 6.75. The van der Waals surface area contributed by atoms with Gasteiger partial charge in [0.1, 0.15) is 5.82 Å². The fourth-order valence-electron chi connectivity index (χ4n) is 4.43. The van der Waals surface area contributed by atoms with Gasteiger partial charge in [0.15, 0.2) is 5.16 Å². The van der Waals surface area contributed by atoms with Crippen molar-refractivity contribution < 1.29 is 0 Å². The number of thioether (sulfide) groups is 1. The Hall–Kier alpha value is -2.40. The summed E-state index contributed by atoms with van der Waals surface area (Å²) in [6.45, 7) is 2.08. The van der Waals surface area contributed by atoms with E-state index in [-0.39, 0.29) is 0 Å². The number of hydrogen-bond acceptors (Lipinski definition) is 4. The molecule has 1 fully saturated rings. The van der Waals surface area contributed by atoms with Crippen LogP contribution in [0.2, 0.25) is 0 Å². The van der Waals surface area contributed by atoms with E-state index in [0.29, 0.717) is 6.04 Å². The van der Waals surface area contributed by atoms with Crippen molar-refractivity contribution in [3.8, 4) is 0 Å². The van der Waals surface area contributed by atoms with Crippen LogP contribution >= 0.6 is 11.8 Å². The van der Waals surface area contributed by atoms with Crippen LogP contribution in [0.15, 0.2) is 53.7 Å². The van der Waals surface area contributed by atoms with Crippen LogP contribution < -0.4 is 0 Å². The molecule has 28 heavy (non-hydrogen) atoms. The van der Waals surface area contributed by atoms with E-state index in [9.17, 15) is 0 Å². The molecular formula is C23H24N4S. The number of rotatable bonds is 4. The lowest BCUT2D eigenvalue weighted by Gasteiger charge is -2.25. The van der Waals surface area contributed by atoms with Crippen LogP contribution in [0.5, 0.6) is 0 Å². The number of benzene rings is 2. The van der Waals surface area contributed by atoms with Crippen molar-refractivity contribution in [1.82, 2.24) is 19.7 Å². The van der Waals surface area contributed by atoms with Gasteiger partial charge in [-0.05, 0) is 31.2 Å². The van der Waals surface area contributed by atoms with Gasteiger partial charge in [0, 0.05) is 22.6 Å². The average Bonchev–Trinajstić information content (AvgIpc) is 3.13. The molecule has 1 aliphatic rings. The molecule has 0 N–H and O–H groups in total. The van der Waals surface area contributed by atoms with Gasteiger partial charge in [-0.2, -0.15) is 0 Å². The molecule has 5 heteroatoms. The smallest absolute Gasteiger partial charge is 0.191 e. The van der Waals surface area contributed by atoms with Gasteiger partial charge in [0.05, 0.1) is 11.2 Å². The van der Waals surface area contributed by atoms with Gasteiger partial charge in [-0.25, -0.2) is 0 Å². The summed E-state index contributed by atoms with van der Waals surface area (Å²) in [5.74, 6) is 1.83. The first-order chi connectivity index (χ1) is 13.8. The molecule has 0 spiro atoms. The summed E-state index contributed by atoms with van der Waals surface area (Å²) in [7, 11) is 0. The first-order valence-electron chi connectivity index (χ1n) is 10.1. The highest BCUT2D eigenvalue weighted by Crippen LogP contribution is 2.34. The number of fused-ring (bicyclic) bond motifs is 3. The van der Waals surface area contributed by atoms with E-state index >= 15 is 0 Å². The normalized spacial score (nSPS) is 15.5. The molecule has 1 aliphatic carbocycles. The average molecular weight is 389 g/mol. The lowest BCUT2D eigenvalue weighted by Crippen LogP contribution is -2.15. The van der Waals surface area contributed by atoms with E-state index in [2.05, 4.69) is 70.2 Å². The quantitative estimate of drug-likeness (QED) is 0.314. The minimum absolute atomic E-state index is 0.549. The topological polar surface area (TPSA) is 43.6 Å². The second-order valence-corrected chi connectivity index (χ2v) is 8.54. The molecular weight excluding hydrogens is 364 g/mol. The minimum Gasteiger partial charge on any atom is -0.303 e. The number of aromatic nitrogens is 4. The molecule has 0 aliphatic heterocycles. The van der Waals surface area contributed by atoms with Crippen LogP contribution in [0, 0.1) is 6.92 Å². The van der Waals surface area contributed by atoms with Gasteiger partial charge < -0.3 is 4.57 Å². The van der Waals surface area contributed by atoms with E-state index in [0.717, 1.165) is 27.9 Å². The van der Waals surface area contributed by atoms with Gasteiger partial charge in [-0.1, -0.05) is 73.5 Å². The molecule has 4 aromatic rings. The molecule has 0 atom stereocenters. The van der Waals surface area contributed by atoms with Crippen molar-refractivity contribution in [1.29, 1.82) is 0 Å². The maximum atomic E-state index is 4.99. The Morgan fingerprint density at radius 1 is 0.893 bits per heavy atom. The predicted octanol–water partition coefficient (Wildman–Crippen LogP) is 6.09. The molecule has 0 bridgehead atoms. The molecule has 0 saturated heterocycles. The summed E-state index contributed by atoms with van der Waals surface area (Å²) in [6, 6.07) is 17.5. The van der Waals surface area contributed by atoms with Crippen molar-refractivity contribution in [3.05, 3.63) is 60.0 Å². The maximum Gasteiger partial charge on any atom is 0.191 e. The van der Waals surface area contributed by atoms with Crippen LogP contribution in [0.1, 0.15) is 49.7 Å². The van der Waals surface area contributed by atoms with Crippen molar-refractivity contribution in [2.75, 3.05) is 0 Å². The Bertz CT molecular complexity index is 1130. The first kappa shape index (κ1) is 17.7. The fourth-order valence-corrected chi connectivity index (χ4v) is 5.43. The molecule has 5 rings (SSSR count). The Morgan fingerprint density at radius 2 is 1.61 bits per heavy atom. The molecule has 1 saturated carbocycles. The van der Waals surface area contributed by atoms with Crippen LogP contribution in [0.4, 0.5) is 0 Å². The molecule has 4 nitrogen and oxygen atoms in total. The zero-order valence-electron chi connectivity index (χ0n) is 16.1. The van der Waals surface area contributed by atoms with Crippen LogP contribution in [-0.4, -0.2) is 19.7 Å². The van der Waals surface area contributed by atoms with Crippen LogP contribution in [0.3, 0.4) is 0 Å². The van der Waals surface area contributed by atoms with Crippen LogP contribution in [-0.2, 0) is 5.75 Å². The summed E-state index contributed by atoms with van der Waals surface area (Å²) < 4.78 is 2.37. The number of hydrogen-bond donors (Lipinski definition) is 0. The van der Waals surface area contributed by atoms with E-state index in [1.807, 2.05) is 0 Å². The van der Waals surface area contributed by atoms with E-state index in [1.54, 1.807) is 11.8 Å². The minimum atomic E-state index is 0.549. The van der Waals surface area contributed by atoms with Gasteiger partial charge >= 0.3 is 0 Å². The molecule has 2 aromatic heterocycles. The number of pyridine rings is 1. The molecule has 2 heterocycles. The molecule has 0 amide bonds. The fraction of sp³-hybridized carbons (Fsp3) is 0.348. The van der Waals surface area contributed by atoms with Gasteiger partial charge in [-0.15, -0.1) is 10.2 Å². The Morgan fingerprint density at radius 3 is 2.43 bits per heavy atom. The zero-order chi connectivity index (χ0) is 18.9. The summed E-state index contributed by atoms with van der Waals surface area (Å²) in [5, 5.41) is 13.6. The van der Waals surface area contributed by atoms with E-state index in [4.69, 9.17) is 4.98 Å². The monoisotopic (exact) mass is 388 g/mol. The molecule has 0 unspecified atom stereocenters. The lowest BCUT2D eigenvalue weighted by molar-refractivity contribution is 0.332. The van der Waals surface area contributed by atoms with Crippen molar-refractivity contribution >= 4 is 33.4 Å². The van der Waals surface area contributed by atoms with Crippen molar-refractivity contribution in [2.45, 2.75) is 56.0 Å².